The van der Waals surface area contributed by atoms with Gasteiger partial charge in [0.05, 0.1) is 9.82 Å². The van der Waals surface area contributed by atoms with E-state index in [0.29, 0.717) is 16.9 Å². The Labute approximate surface area is 156 Å². The zero-order valence-corrected chi connectivity index (χ0v) is 15.6. The largest absolute Gasteiger partial charge is 0.480 e. The van der Waals surface area contributed by atoms with E-state index in [-0.39, 0.29) is 12.2 Å². The topological polar surface area (TPSA) is 92.5 Å². The number of aliphatic carboxylic acids is 1. The minimum atomic E-state index is -0.909. The molecule has 2 aromatic carbocycles. The third-order valence-corrected chi connectivity index (χ3v) is 4.97. The van der Waals surface area contributed by atoms with Crippen LogP contribution in [0.25, 0.3) is 0 Å². The molecule has 0 saturated heterocycles. The number of rotatable bonds is 9. The van der Waals surface area contributed by atoms with Crippen LogP contribution in [0.1, 0.15) is 30.9 Å². The minimum Gasteiger partial charge on any atom is -0.480 e. The van der Waals surface area contributed by atoms with E-state index in [4.69, 9.17) is 0 Å². The lowest BCUT2D eigenvalue weighted by atomic mass is 10.1. The Kier molecular flexibility index (Phi) is 7.17. The van der Waals surface area contributed by atoms with Crippen molar-refractivity contribution >= 4 is 23.4 Å². The monoisotopic (exact) mass is 374 g/mol. The fraction of sp³-hybridized carbons (Fsp3) is 0.316. The fourth-order valence-electron chi connectivity index (χ4n) is 2.48. The molecule has 0 saturated carbocycles. The van der Waals surface area contributed by atoms with Crippen LogP contribution in [0, 0.1) is 17.0 Å². The van der Waals surface area contributed by atoms with Crippen LogP contribution in [0.4, 0.5) is 5.69 Å². The maximum atomic E-state index is 11.4. The SMILES string of the molecule is CCCC(NCc1ccc(Sc2ccc(C)cc2)c([N+](=O)[O-])c1)C(=O)O. The van der Waals surface area contributed by atoms with Crippen LogP contribution in [-0.4, -0.2) is 22.0 Å². The van der Waals surface area contributed by atoms with Crippen molar-refractivity contribution < 1.29 is 14.8 Å². The smallest absolute Gasteiger partial charge is 0.320 e. The standard InChI is InChI=1S/C19H22N2O4S/c1-3-4-16(19(22)23)20-12-14-7-10-18(17(11-14)21(24)25)26-15-8-5-13(2)6-9-15/h5-11,16,20H,3-4,12H2,1-2H3,(H,22,23). The lowest BCUT2D eigenvalue weighted by Crippen LogP contribution is -2.35. The van der Waals surface area contributed by atoms with Crippen molar-refractivity contribution in [3.63, 3.8) is 0 Å². The van der Waals surface area contributed by atoms with E-state index in [1.165, 1.54) is 17.8 Å². The third kappa shape index (κ3) is 5.57. The van der Waals surface area contributed by atoms with Gasteiger partial charge in [-0.25, -0.2) is 0 Å². The molecule has 0 bridgehead atoms. The predicted molar refractivity (Wildman–Crippen MR) is 102 cm³/mol. The molecule has 7 heteroatoms. The van der Waals surface area contributed by atoms with Gasteiger partial charge in [-0.15, -0.1) is 0 Å². The quantitative estimate of drug-likeness (QED) is 0.499. The van der Waals surface area contributed by atoms with Crippen LogP contribution in [0.3, 0.4) is 0 Å². The maximum absolute atomic E-state index is 11.4. The van der Waals surface area contributed by atoms with Gasteiger partial charge >= 0.3 is 5.97 Å². The number of hydrogen-bond acceptors (Lipinski definition) is 5. The van der Waals surface area contributed by atoms with Gasteiger partial charge in [-0.05, 0) is 37.1 Å². The summed E-state index contributed by atoms with van der Waals surface area (Å²) >= 11 is 1.34. The number of nitro groups is 1. The molecule has 0 aromatic heterocycles. The van der Waals surface area contributed by atoms with Gasteiger partial charge in [0.1, 0.15) is 6.04 Å². The minimum absolute atomic E-state index is 0.0252. The van der Waals surface area contributed by atoms with Crippen molar-refractivity contribution in [2.45, 2.75) is 49.1 Å². The summed E-state index contributed by atoms with van der Waals surface area (Å²) in [5.41, 5.74) is 1.84. The molecular formula is C19H22N2O4S. The Balaban J connectivity index is 2.16. The van der Waals surface area contributed by atoms with Gasteiger partial charge in [0.2, 0.25) is 0 Å². The first-order chi connectivity index (χ1) is 12.4. The first-order valence-electron chi connectivity index (χ1n) is 8.38. The number of nitrogens with one attached hydrogen (secondary N) is 1. The summed E-state index contributed by atoms with van der Waals surface area (Å²) in [6.07, 6.45) is 1.26. The van der Waals surface area contributed by atoms with Crippen LogP contribution in [0.2, 0.25) is 0 Å². The lowest BCUT2D eigenvalue weighted by molar-refractivity contribution is -0.387. The summed E-state index contributed by atoms with van der Waals surface area (Å²) in [7, 11) is 0. The van der Waals surface area contributed by atoms with Gasteiger partial charge in [-0.3, -0.25) is 14.9 Å². The van der Waals surface area contributed by atoms with Gasteiger partial charge < -0.3 is 10.4 Å². The maximum Gasteiger partial charge on any atom is 0.320 e. The number of hydrogen-bond donors (Lipinski definition) is 2. The molecule has 0 aliphatic rings. The van der Waals surface area contributed by atoms with Crippen LogP contribution in [0.5, 0.6) is 0 Å². The Hall–Kier alpha value is -2.38. The van der Waals surface area contributed by atoms with E-state index in [1.54, 1.807) is 12.1 Å². The summed E-state index contributed by atoms with van der Waals surface area (Å²) < 4.78 is 0. The summed E-state index contributed by atoms with van der Waals surface area (Å²) in [6.45, 7) is 4.18. The number of benzene rings is 2. The van der Waals surface area contributed by atoms with Crippen molar-refractivity contribution in [1.82, 2.24) is 5.32 Å². The first-order valence-corrected chi connectivity index (χ1v) is 9.20. The van der Waals surface area contributed by atoms with E-state index in [0.717, 1.165) is 16.9 Å². The lowest BCUT2D eigenvalue weighted by Gasteiger charge is -2.13. The van der Waals surface area contributed by atoms with Crippen LogP contribution in [0.15, 0.2) is 52.3 Å². The van der Waals surface area contributed by atoms with Crippen LogP contribution in [-0.2, 0) is 11.3 Å². The Morgan fingerprint density at radius 1 is 1.27 bits per heavy atom. The highest BCUT2D eigenvalue weighted by Crippen LogP contribution is 2.35. The normalized spacial score (nSPS) is 11.9. The molecule has 0 aliphatic carbocycles. The van der Waals surface area contributed by atoms with E-state index in [9.17, 15) is 20.0 Å². The number of carboxylic acid groups (broad SMARTS) is 1. The fourth-order valence-corrected chi connectivity index (χ4v) is 3.38. The molecule has 0 amide bonds. The average molecular weight is 374 g/mol. The van der Waals surface area contributed by atoms with E-state index < -0.39 is 16.9 Å². The summed E-state index contributed by atoms with van der Waals surface area (Å²) in [5, 5.41) is 23.6. The molecule has 2 N–H and O–H groups in total. The second kappa shape index (κ2) is 9.35. The molecule has 0 fully saturated rings. The van der Waals surface area contributed by atoms with Crippen LogP contribution >= 0.6 is 11.8 Å². The molecule has 1 unspecified atom stereocenters. The van der Waals surface area contributed by atoms with Crippen LogP contribution < -0.4 is 5.32 Å². The first kappa shape index (κ1) is 19.9. The number of carboxylic acids is 1. The highest BCUT2D eigenvalue weighted by Gasteiger charge is 2.18. The molecule has 1 atom stereocenters. The van der Waals surface area contributed by atoms with Gasteiger partial charge in [0.25, 0.3) is 5.69 Å². The van der Waals surface area contributed by atoms with Crippen molar-refractivity contribution in [2.75, 3.05) is 0 Å². The Bertz CT molecular complexity index is 778. The molecule has 6 nitrogen and oxygen atoms in total. The number of aryl methyl sites for hydroxylation is 1. The molecule has 2 rings (SSSR count). The molecular weight excluding hydrogens is 352 g/mol. The summed E-state index contributed by atoms with van der Waals surface area (Å²) in [6, 6.07) is 12.2. The van der Waals surface area contributed by atoms with E-state index >= 15 is 0 Å². The number of carbonyl (C=O) groups is 1. The molecule has 0 spiro atoms. The van der Waals surface area contributed by atoms with Gasteiger partial charge in [0.15, 0.2) is 0 Å². The third-order valence-electron chi connectivity index (χ3n) is 3.90. The highest BCUT2D eigenvalue weighted by atomic mass is 32.2. The second-order valence-corrected chi connectivity index (χ2v) is 7.15. The molecule has 0 radical (unpaired) electrons. The second-order valence-electron chi connectivity index (χ2n) is 6.03. The Morgan fingerprint density at radius 2 is 1.96 bits per heavy atom. The van der Waals surface area contributed by atoms with Gasteiger partial charge in [-0.2, -0.15) is 0 Å². The number of nitrogens with zero attached hydrogens (tertiary/aromatic N) is 1. The molecule has 138 valence electrons. The molecule has 0 heterocycles. The van der Waals surface area contributed by atoms with Crippen molar-refractivity contribution in [3.8, 4) is 0 Å². The average Bonchev–Trinajstić information content (AvgIpc) is 2.61. The zero-order chi connectivity index (χ0) is 19.1. The number of nitro benzene ring substituents is 1. The molecule has 26 heavy (non-hydrogen) atoms. The van der Waals surface area contributed by atoms with E-state index in [1.807, 2.05) is 38.1 Å². The highest BCUT2D eigenvalue weighted by molar-refractivity contribution is 7.99. The van der Waals surface area contributed by atoms with E-state index in [2.05, 4.69) is 5.32 Å². The molecule has 0 aliphatic heterocycles. The summed E-state index contributed by atoms with van der Waals surface area (Å²) in [5.74, 6) is -0.909. The van der Waals surface area contributed by atoms with Crippen molar-refractivity contribution in [3.05, 3.63) is 63.7 Å². The van der Waals surface area contributed by atoms with Gasteiger partial charge in [-0.1, -0.05) is 48.9 Å². The van der Waals surface area contributed by atoms with Gasteiger partial charge in [0, 0.05) is 17.5 Å². The predicted octanol–water partition coefficient (Wildman–Crippen LogP) is 4.40. The Morgan fingerprint density at radius 3 is 2.54 bits per heavy atom. The zero-order valence-electron chi connectivity index (χ0n) is 14.8. The van der Waals surface area contributed by atoms with Crippen molar-refractivity contribution in [2.24, 2.45) is 0 Å². The molecule has 2 aromatic rings. The van der Waals surface area contributed by atoms with Crippen molar-refractivity contribution in [1.29, 1.82) is 0 Å². The summed E-state index contributed by atoms with van der Waals surface area (Å²) in [4.78, 5) is 23.7.